The fourth-order valence-electron chi connectivity index (χ4n) is 2.33. The summed E-state index contributed by atoms with van der Waals surface area (Å²) in [6.45, 7) is 0.773. The van der Waals surface area contributed by atoms with Gasteiger partial charge in [0.1, 0.15) is 0 Å². The molecule has 1 aliphatic rings. The fraction of sp³-hybridized carbons (Fsp3) is 0.500. The van der Waals surface area contributed by atoms with Crippen molar-refractivity contribution in [3.8, 4) is 0 Å². The third kappa shape index (κ3) is 4.87. The van der Waals surface area contributed by atoms with Crippen molar-refractivity contribution in [1.82, 2.24) is 0 Å². The molecule has 0 saturated carbocycles. The predicted octanol–water partition coefficient (Wildman–Crippen LogP) is 3.27. The van der Waals surface area contributed by atoms with Crippen LogP contribution in [0.25, 0.3) is 0 Å². The minimum absolute atomic E-state index is 0. The number of thioether (sulfide) groups is 1. The third-order valence-electron chi connectivity index (χ3n) is 3.24. The normalized spacial score (nSPS) is 14.5. The maximum absolute atomic E-state index is 5.91. The standard InChI is InChI=1S/C14H21N3S.HI/c1-18-10-9-16-14(15)17-13-8-4-6-11-5-2-3-7-12(11)13;/h4,6,8H,2-3,5,7,9-10H2,1H3,(H3,15,16,17);1H. The molecule has 5 heteroatoms. The van der Waals surface area contributed by atoms with Crippen molar-refractivity contribution in [3.63, 3.8) is 0 Å². The zero-order chi connectivity index (χ0) is 12.8. The number of hydrogen-bond donors (Lipinski definition) is 2. The van der Waals surface area contributed by atoms with Crippen molar-refractivity contribution < 1.29 is 0 Å². The number of benzene rings is 1. The summed E-state index contributed by atoms with van der Waals surface area (Å²) in [6.07, 6.45) is 6.99. The van der Waals surface area contributed by atoms with Crippen LogP contribution in [0.15, 0.2) is 23.2 Å². The molecule has 3 N–H and O–H groups in total. The monoisotopic (exact) mass is 391 g/mol. The molecule has 0 bridgehead atoms. The number of halogens is 1. The summed E-state index contributed by atoms with van der Waals surface area (Å²) >= 11 is 1.78. The fourth-order valence-corrected chi connectivity index (χ4v) is 2.61. The molecule has 1 aromatic carbocycles. The molecule has 0 unspecified atom stereocenters. The number of aliphatic imine (C=N–C) groups is 1. The van der Waals surface area contributed by atoms with Crippen LogP contribution in [0.4, 0.5) is 5.69 Å². The van der Waals surface area contributed by atoms with Crippen LogP contribution >= 0.6 is 35.7 Å². The molecule has 1 aliphatic carbocycles. The van der Waals surface area contributed by atoms with Gasteiger partial charge in [-0.05, 0) is 49.1 Å². The molecule has 19 heavy (non-hydrogen) atoms. The number of nitrogens with one attached hydrogen (secondary N) is 1. The van der Waals surface area contributed by atoms with Crippen LogP contribution in [0.3, 0.4) is 0 Å². The van der Waals surface area contributed by atoms with E-state index in [4.69, 9.17) is 5.73 Å². The molecule has 0 atom stereocenters. The Morgan fingerprint density at radius 3 is 2.95 bits per heavy atom. The van der Waals surface area contributed by atoms with Crippen molar-refractivity contribution in [2.75, 3.05) is 23.9 Å². The van der Waals surface area contributed by atoms with Crippen LogP contribution in [0.2, 0.25) is 0 Å². The quantitative estimate of drug-likeness (QED) is 0.359. The van der Waals surface area contributed by atoms with Gasteiger partial charge < -0.3 is 11.1 Å². The first kappa shape index (κ1) is 16.6. The maximum atomic E-state index is 5.91. The van der Waals surface area contributed by atoms with E-state index in [0.29, 0.717) is 5.96 Å². The Labute approximate surface area is 136 Å². The average Bonchev–Trinajstić information content (AvgIpc) is 2.39. The van der Waals surface area contributed by atoms with Crippen LogP contribution < -0.4 is 11.1 Å². The molecule has 106 valence electrons. The lowest BCUT2D eigenvalue weighted by Gasteiger charge is -2.19. The van der Waals surface area contributed by atoms with E-state index >= 15 is 0 Å². The van der Waals surface area contributed by atoms with Gasteiger partial charge in [0, 0.05) is 11.4 Å². The van der Waals surface area contributed by atoms with E-state index in [-0.39, 0.29) is 24.0 Å². The Morgan fingerprint density at radius 1 is 1.37 bits per heavy atom. The molecule has 1 aromatic rings. The van der Waals surface area contributed by atoms with Gasteiger partial charge in [0.15, 0.2) is 5.96 Å². The number of hydrogen-bond acceptors (Lipinski definition) is 2. The third-order valence-corrected chi connectivity index (χ3v) is 3.83. The van der Waals surface area contributed by atoms with E-state index in [2.05, 4.69) is 34.8 Å². The Bertz CT molecular complexity index is 435. The molecule has 0 fully saturated rings. The minimum Gasteiger partial charge on any atom is -0.370 e. The van der Waals surface area contributed by atoms with E-state index in [1.165, 1.54) is 30.4 Å². The summed E-state index contributed by atoms with van der Waals surface area (Å²) in [7, 11) is 0. The van der Waals surface area contributed by atoms with Gasteiger partial charge in [0.25, 0.3) is 0 Å². The first-order valence-electron chi connectivity index (χ1n) is 6.48. The van der Waals surface area contributed by atoms with Crippen molar-refractivity contribution >= 4 is 47.4 Å². The highest BCUT2D eigenvalue weighted by molar-refractivity contribution is 14.0. The largest absolute Gasteiger partial charge is 0.370 e. The first-order valence-corrected chi connectivity index (χ1v) is 7.87. The number of anilines is 1. The summed E-state index contributed by atoms with van der Waals surface area (Å²) in [5.74, 6) is 1.54. The predicted molar refractivity (Wildman–Crippen MR) is 97.0 cm³/mol. The summed E-state index contributed by atoms with van der Waals surface area (Å²) in [6, 6.07) is 6.42. The van der Waals surface area contributed by atoms with Crippen LogP contribution in [0.1, 0.15) is 24.0 Å². The number of guanidine groups is 1. The van der Waals surface area contributed by atoms with Gasteiger partial charge >= 0.3 is 0 Å². The molecule has 0 spiro atoms. The van der Waals surface area contributed by atoms with E-state index in [0.717, 1.165) is 24.4 Å². The van der Waals surface area contributed by atoms with E-state index < -0.39 is 0 Å². The lowest BCUT2D eigenvalue weighted by Crippen LogP contribution is -2.24. The number of aryl methyl sites for hydroxylation is 1. The van der Waals surface area contributed by atoms with Gasteiger partial charge in [-0.1, -0.05) is 12.1 Å². The lowest BCUT2D eigenvalue weighted by atomic mass is 9.90. The first-order chi connectivity index (χ1) is 8.81. The minimum atomic E-state index is 0. The number of fused-ring (bicyclic) bond motifs is 1. The summed E-state index contributed by atoms with van der Waals surface area (Å²) in [5.41, 5.74) is 9.93. The highest BCUT2D eigenvalue weighted by Crippen LogP contribution is 2.27. The summed E-state index contributed by atoms with van der Waals surface area (Å²) < 4.78 is 0. The molecular weight excluding hydrogens is 369 g/mol. The number of nitrogens with zero attached hydrogens (tertiary/aromatic N) is 1. The summed E-state index contributed by atoms with van der Waals surface area (Å²) in [5, 5.41) is 3.25. The molecule has 0 amide bonds. The molecular formula is C14H22IN3S. The van der Waals surface area contributed by atoms with Crippen molar-refractivity contribution in [2.24, 2.45) is 10.7 Å². The van der Waals surface area contributed by atoms with E-state index in [1.54, 1.807) is 11.8 Å². The second-order valence-electron chi connectivity index (χ2n) is 4.54. The Morgan fingerprint density at radius 2 is 2.16 bits per heavy atom. The van der Waals surface area contributed by atoms with Crippen LogP contribution in [0, 0.1) is 0 Å². The van der Waals surface area contributed by atoms with Gasteiger partial charge in [-0.3, -0.25) is 4.99 Å². The van der Waals surface area contributed by atoms with Crippen LogP contribution in [0.5, 0.6) is 0 Å². The number of rotatable bonds is 4. The molecule has 2 rings (SSSR count). The molecule has 0 heterocycles. The molecule has 0 aliphatic heterocycles. The molecule has 3 nitrogen and oxygen atoms in total. The van der Waals surface area contributed by atoms with E-state index in [1.807, 2.05) is 0 Å². The Hall–Kier alpha value is -0.430. The second kappa shape index (κ2) is 8.68. The lowest BCUT2D eigenvalue weighted by molar-refractivity contribution is 0.687. The molecule has 0 saturated heterocycles. The van der Waals surface area contributed by atoms with Crippen molar-refractivity contribution in [3.05, 3.63) is 29.3 Å². The van der Waals surface area contributed by atoms with Crippen molar-refractivity contribution in [1.29, 1.82) is 0 Å². The zero-order valence-corrected chi connectivity index (χ0v) is 14.5. The highest BCUT2D eigenvalue weighted by Gasteiger charge is 2.12. The average molecular weight is 391 g/mol. The van der Waals surface area contributed by atoms with Crippen molar-refractivity contribution in [2.45, 2.75) is 25.7 Å². The second-order valence-corrected chi connectivity index (χ2v) is 5.52. The Balaban J connectivity index is 0.00000180. The number of nitrogens with two attached hydrogens (primary N) is 1. The zero-order valence-electron chi connectivity index (χ0n) is 11.3. The van der Waals surface area contributed by atoms with Crippen LogP contribution in [-0.4, -0.2) is 24.5 Å². The van der Waals surface area contributed by atoms with Gasteiger partial charge in [0.2, 0.25) is 0 Å². The van der Waals surface area contributed by atoms with Gasteiger partial charge in [-0.25, -0.2) is 0 Å². The molecule has 0 radical (unpaired) electrons. The smallest absolute Gasteiger partial charge is 0.193 e. The van der Waals surface area contributed by atoms with Gasteiger partial charge in [-0.2, -0.15) is 11.8 Å². The molecule has 0 aromatic heterocycles. The maximum Gasteiger partial charge on any atom is 0.193 e. The van der Waals surface area contributed by atoms with E-state index in [9.17, 15) is 0 Å². The van der Waals surface area contributed by atoms with Gasteiger partial charge in [0.05, 0.1) is 6.54 Å². The van der Waals surface area contributed by atoms with Gasteiger partial charge in [-0.15, -0.1) is 24.0 Å². The summed E-state index contributed by atoms with van der Waals surface area (Å²) in [4.78, 5) is 4.32. The Kier molecular flexibility index (Phi) is 7.60. The topological polar surface area (TPSA) is 50.4 Å². The SMILES string of the molecule is CSCCN=C(N)Nc1cccc2c1CCCC2.I. The highest BCUT2D eigenvalue weighted by atomic mass is 127. The van der Waals surface area contributed by atoms with Crippen LogP contribution in [-0.2, 0) is 12.8 Å².